The Hall–Kier alpha value is -2.63. The summed E-state index contributed by atoms with van der Waals surface area (Å²) in [5, 5.41) is 0.528. The van der Waals surface area contributed by atoms with E-state index in [1.165, 1.54) is 4.90 Å². The number of hydrogen-bond donors (Lipinski definition) is 0. The average Bonchev–Trinajstić information content (AvgIpc) is 2.61. The first kappa shape index (κ1) is 19.1. The van der Waals surface area contributed by atoms with Crippen LogP contribution in [-0.2, 0) is 11.8 Å². The summed E-state index contributed by atoms with van der Waals surface area (Å²) in [6, 6.07) is 5.07. The molecule has 27 heavy (non-hydrogen) atoms. The number of piperazine rings is 1. The molecule has 0 N–H and O–H groups in total. The third-order valence-corrected chi connectivity index (χ3v) is 5.17. The van der Waals surface area contributed by atoms with Crippen molar-refractivity contribution >= 4 is 22.7 Å². The van der Waals surface area contributed by atoms with Crippen LogP contribution < -0.4 is 5.43 Å². The summed E-state index contributed by atoms with van der Waals surface area (Å²) in [5.41, 5.74) is 1.59. The number of carbonyl (C=O) groups is 2. The van der Waals surface area contributed by atoms with E-state index in [0.717, 1.165) is 11.1 Å². The van der Waals surface area contributed by atoms with Gasteiger partial charge in [0.05, 0.1) is 5.52 Å². The van der Waals surface area contributed by atoms with Gasteiger partial charge in [-0.1, -0.05) is 25.5 Å². The van der Waals surface area contributed by atoms with Gasteiger partial charge in [-0.05, 0) is 31.9 Å². The van der Waals surface area contributed by atoms with Gasteiger partial charge < -0.3 is 14.4 Å². The zero-order chi connectivity index (χ0) is 19.9. The van der Waals surface area contributed by atoms with Crippen LogP contribution >= 0.6 is 0 Å². The number of aryl methyl sites for hydroxylation is 2. The van der Waals surface area contributed by atoms with Crippen LogP contribution in [0.3, 0.4) is 0 Å². The van der Waals surface area contributed by atoms with Crippen molar-refractivity contribution in [1.29, 1.82) is 0 Å². The molecule has 3 rings (SSSR count). The van der Waals surface area contributed by atoms with Crippen LogP contribution in [0.15, 0.2) is 29.2 Å². The van der Waals surface area contributed by atoms with Crippen LogP contribution in [0.1, 0.15) is 36.7 Å². The predicted octanol–water partition coefficient (Wildman–Crippen LogP) is 2.18. The molecule has 6 heteroatoms. The molecule has 1 aromatic heterocycles. The Bertz CT molecular complexity index is 961. The molecule has 2 heterocycles. The number of hydrogen-bond acceptors (Lipinski definition) is 3. The molecule has 0 radical (unpaired) electrons. The van der Waals surface area contributed by atoms with Gasteiger partial charge in [0.15, 0.2) is 0 Å². The molecule has 1 aliphatic heterocycles. The van der Waals surface area contributed by atoms with E-state index in [0.29, 0.717) is 30.9 Å². The van der Waals surface area contributed by atoms with E-state index in [1.807, 2.05) is 32.2 Å². The maximum atomic E-state index is 13.1. The van der Waals surface area contributed by atoms with Crippen molar-refractivity contribution in [2.75, 3.05) is 19.6 Å². The summed E-state index contributed by atoms with van der Waals surface area (Å²) >= 11 is 0. The second kappa shape index (κ2) is 7.18. The van der Waals surface area contributed by atoms with Gasteiger partial charge in [-0.3, -0.25) is 14.4 Å². The van der Waals surface area contributed by atoms with Crippen LogP contribution in [-0.4, -0.2) is 51.9 Å². The second-order valence-electron chi connectivity index (χ2n) is 7.86. The van der Waals surface area contributed by atoms with Gasteiger partial charge in [0.1, 0.15) is 11.6 Å². The number of nitrogens with zero attached hydrogens (tertiary/aromatic N) is 3. The van der Waals surface area contributed by atoms with Gasteiger partial charge in [-0.25, -0.2) is 0 Å². The molecule has 0 unspecified atom stereocenters. The number of rotatable bonds is 3. The molecule has 1 saturated heterocycles. The van der Waals surface area contributed by atoms with Gasteiger partial charge in [-0.2, -0.15) is 0 Å². The minimum absolute atomic E-state index is 0.0586. The Kier molecular flexibility index (Phi) is 5.09. The van der Waals surface area contributed by atoms with Crippen LogP contribution in [0.2, 0.25) is 0 Å². The van der Waals surface area contributed by atoms with Gasteiger partial charge in [0.2, 0.25) is 11.3 Å². The quantitative estimate of drug-likeness (QED) is 0.833. The lowest BCUT2D eigenvalue weighted by molar-refractivity contribution is -0.140. The molecule has 0 saturated carbocycles. The Morgan fingerprint density at radius 1 is 1.22 bits per heavy atom. The average molecular weight is 369 g/mol. The molecule has 0 aliphatic carbocycles. The van der Waals surface area contributed by atoms with Crippen LogP contribution in [0, 0.1) is 12.8 Å². The van der Waals surface area contributed by atoms with E-state index < -0.39 is 6.04 Å². The third-order valence-electron chi connectivity index (χ3n) is 5.17. The standard InChI is InChI=1S/C21H27N3O3/c1-13(2)11-23-8-9-24(15(4)20(23)26)21(27)17-12-22(5)18-7-6-14(3)10-16(18)19(17)25/h6-7,10,12-13,15H,8-9,11H2,1-5H3/t15-/m0/s1. The van der Waals surface area contributed by atoms with E-state index in [2.05, 4.69) is 13.8 Å². The van der Waals surface area contributed by atoms with Crippen molar-refractivity contribution in [2.45, 2.75) is 33.7 Å². The van der Waals surface area contributed by atoms with Crippen molar-refractivity contribution in [3.63, 3.8) is 0 Å². The number of fused-ring (bicyclic) bond motifs is 1. The number of pyridine rings is 1. The van der Waals surface area contributed by atoms with Crippen molar-refractivity contribution < 1.29 is 9.59 Å². The SMILES string of the molecule is Cc1ccc2c(c1)c(=O)c(C(=O)N1CCN(CC(C)C)C(=O)[C@@H]1C)cn2C. The first-order valence-corrected chi connectivity index (χ1v) is 9.40. The molecule has 6 nitrogen and oxygen atoms in total. The topological polar surface area (TPSA) is 62.6 Å². The van der Waals surface area contributed by atoms with Crippen LogP contribution in [0.5, 0.6) is 0 Å². The van der Waals surface area contributed by atoms with Crippen LogP contribution in [0.4, 0.5) is 0 Å². The van der Waals surface area contributed by atoms with Crippen LogP contribution in [0.25, 0.3) is 10.9 Å². The third kappa shape index (κ3) is 3.48. The normalized spacial score (nSPS) is 17.9. The zero-order valence-corrected chi connectivity index (χ0v) is 16.7. The molecule has 1 aliphatic rings. The smallest absolute Gasteiger partial charge is 0.260 e. The van der Waals surface area contributed by atoms with Gasteiger partial charge in [0, 0.05) is 38.3 Å². The van der Waals surface area contributed by atoms with Crippen molar-refractivity contribution in [2.24, 2.45) is 13.0 Å². The zero-order valence-electron chi connectivity index (χ0n) is 16.7. The fraction of sp³-hybridized carbons (Fsp3) is 0.476. The van der Waals surface area contributed by atoms with Gasteiger partial charge in [-0.15, -0.1) is 0 Å². The van der Waals surface area contributed by atoms with E-state index >= 15 is 0 Å². The van der Waals surface area contributed by atoms with Crippen molar-refractivity contribution in [1.82, 2.24) is 14.4 Å². The van der Waals surface area contributed by atoms with E-state index in [4.69, 9.17) is 0 Å². The molecule has 2 amide bonds. The molecule has 0 bridgehead atoms. The second-order valence-corrected chi connectivity index (χ2v) is 7.86. The molecular formula is C21H27N3O3. The summed E-state index contributed by atoms with van der Waals surface area (Å²) in [4.78, 5) is 42.1. The van der Waals surface area contributed by atoms with E-state index in [1.54, 1.807) is 22.6 Å². The van der Waals surface area contributed by atoms with Gasteiger partial charge in [0.25, 0.3) is 5.91 Å². The van der Waals surface area contributed by atoms with Crippen molar-refractivity contribution in [3.05, 3.63) is 45.7 Å². The molecular weight excluding hydrogens is 342 g/mol. The Morgan fingerprint density at radius 3 is 2.59 bits per heavy atom. The minimum Gasteiger partial charge on any atom is -0.350 e. The summed E-state index contributed by atoms with van der Waals surface area (Å²) in [6.45, 7) is 9.41. The monoisotopic (exact) mass is 369 g/mol. The number of amides is 2. The molecule has 1 atom stereocenters. The summed E-state index contributed by atoms with van der Waals surface area (Å²) in [7, 11) is 1.82. The molecule has 2 aromatic rings. The Labute approximate surface area is 159 Å². The number of benzene rings is 1. The predicted molar refractivity (Wildman–Crippen MR) is 106 cm³/mol. The number of carbonyl (C=O) groups excluding carboxylic acids is 2. The maximum absolute atomic E-state index is 13.1. The summed E-state index contributed by atoms with van der Waals surface area (Å²) in [5.74, 6) is -0.0553. The highest BCUT2D eigenvalue weighted by molar-refractivity contribution is 6.00. The fourth-order valence-corrected chi connectivity index (χ4v) is 3.74. The molecule has 1 fully saturated rings. The molecule has 0 spiro atoms. The summed E-state index contributed by atoms with van der Waals surface area (Å²) in [6.07, 6.45) is 1.58. The summed E-state index contributed by atoms with van der Waals surface area (Å²) < 4.78 is 1.80. The highest BCUT2D eigenvalue weighted by Crippen LogP contribution is 2.18. The lowest BCUT2D eigenvalue weighted by atomic mass is 10.1. The first-order chi connectivity index (χ1) is 12.7. The highest BCUT2D eigenvalue weighted by Gasteiger charge is 2.35. The maximum Gasteiger partial charge on any atom is 0.260 e. The Morgan fingerprint density at radius 2 is 1.93 bits per heavy atom. The lowest BCUT2D eigenvalue weighted by Gasteiger charge is -2.39. The largest absolute Gasteiger partial charge is 0.350 e. The van der Waals surface area contributed by atoms with Crippen molar-refractivity contribution in [3.8, 4) is 0 Å². The lowest BCUT2D eigenvalue weighted by Crippen LogP contribution is -2.58. The fourth-order valence-electron chi connectivity index (χ4n) is 3.74. The first-order valence-electron chi connectivity index (χ1n) is 9.40. The molecule has 1 aromatic carbocycles. The van der Waals surface area contributed by atoms with E-state index in [9.17, 15) is 14.4 Å². The molecule has 144 valence electrons. The highest BCUT2D eigenvalue weighted by atomic mass is 16.2. The number of aromatic nitrogens is 1. The van der Waals surface area contributed by atoms with E-state index in [-0.39, 0.29) is 22.8 Å². The van der Waals surface area contributed by atoms with Gasteiger partial charge >= 0.3 is 0 Å². The Balaban J connectivity index is 1.96. The minimum atomic E-state index is -0.567.